The highest BCUT2D eigenvalue weighted by Crippen LogP contribution is 2.35. The highest BCUT2D eigenvalue weighted by molar-refractivity contribution is 6.33. The Morgan fingerprint density at radius 2 is 0.529 bits per heavy atom. The van der Waals surface area contributed by atoms with Crippen LogP contribution in [-0.2, 0) is 43.3 Å². The standard InChI is InChI=1S/C14H16N4O2.C13H15ClN2O.C13H14N4O2.4C13H16N2O.C12H13ClN2O/c1-8-5-6-10-9(7-8)15-12(19)18(10)13-17-16-11(20-13)14(2,3)4;1-8-5-6-9(7-10(8)14)11-15-16-12(17-11)13(2,3)4;1-13(2,3)10-15-16-12(19-10)17-9-7-5-4-6-8(9)14-11(17)18;2*1-9-5-7-10(8-6-9)11-14-15-12(16-11)13(2,3)4;2*1-9-6-5-7-10(8-9)11-14-15-12(16-11)13(2,3)4;1-12(2,3)11-15-14-10(16-11)8-6-4-5-7-9(8)13/h5-7H,1-4H3,(H,15,19);5-7H,1-4H3;4-7H,1-3H3,(H,14,18);4*5-8H,1-4H3;4-7H,1-3H3. The molecule has 0 saturated heterocycles. The van der Waals surface area contributed by atoms with Crippen molar-refractivity contribution in [2.24, 2.45) is 0 Å². The largest absolute Gasteiger partial charge is 0.420 e. The van der Waals surface area contributed by atoms with Gasteiger partial charge in [0.25, 0.3) is 0 Å². The molecule has 0 radical (unpaired) electrons. The smallest absolute Gasteiger partial charge is 0.334 e. The Morgan fingerprint density at radius 3 is 0.875 bits per heavy atom. The number of H-pyrrole nitrogens is 2. The predicted octanol–water partition coefficient (Wildman–Crippen LogP) is 25.4. The maximum Gasteiger partial charge on any atom is 0.334 e. The minimum absolute atomic E-state index is 0.101. The van der Waals surface area contributed by atoms with Crippen molar-refractivity contribution in [3.63, 3.8) is 0 Å². The van der Waals surface area contributed by atoms with Gasteiger partial charge >= 0.3 is 23.4 Å². The van der Waals surface area contributed by atoms with Crippen LogP contribution in [0.15, 0.2) is 227 Å². The van der Waals surface area contributed by atoms with Crippen LogP contribution < -0.4 is 11.4 Å². The Bertz CT molecular complexity index is 6950. The topological polar surface area (TPSA) is 387 Å². The van der Waals surface area contributed by atoms with Gasteiger partial charge in [-0.05, 0) is 150 Å². The first-order valence-electron chi connectivity index (χ1n) is 44.5. The van der Waals surface area contributed by atoms with Crippen LogP contribution in [0.3, 0.4) is 0 Å². The Kier molecular flexibility index (Phi) is 31.6. The van der Waals surface area contributed by atoms with Crippen molar-refractivity contribution in [3.05, 3.63) is 294 Å². The number of aromatic nitrogens is 20. The van der Waals surface area contributed by atoms with Gasteiger partial charge in [0.05, 0.1) is 32.7 Å². The fourth-order valence-electron chi connectivity index (χ4n) is 12.0. The fraction of sp³-hybridized carbons (Fsp3) is 0.365. The summed E-state index contributed by atoms with van der Waals surface area (Å²) in [6.07, 6.45) is 0. The number of para-hydroxylation sites is 2. The molecule has 0 bridgehead atoms. The van der Waals surface area contributed by atoms with Crippen LogP contribution in [0.25, 0.3) is 103 Å². The van der Waals surface area contributed by atoms with E-state index in [0.29, 0.717) is 92.5 Å². The summed E-state index contributed by atoms with van der Waals surface area (Å²) in [7, 11) is 0. The normalized spacial score (nSPS) is 11.9. The Labute approximate surface area is 801 Å². The van der Waals surface area contributed by atoms with E-state index in [1.165, 1.54) is 31.4 Å². The summed E-state index contributed by atoms with van der Waals surface area (Å²) in [6, 6.07) is 58.9. The second-order valence-electron chi connectivity index (χ2n) is 41.2. The maximum atomic E-state index is 12.1. The quantitative estimate of drug-likeness (QED) is 0.143. The van der Waals surface area contributed by atoms with Gasteiger partial charge in [0.1, 0.15) is 0 Å². The third kappa shape index (κ3) is 27.2. The van der Waals surface area contributed by atoms with E-state index in [1.54, 1.807) is 6.07 Å². The van der Waals surface area contributed by atoms with E-state index in [0.717, 1.165) is 66.6 Å². The molecule has 0 aliphatic heterocycles. The molecule has 10 heterocycles. The third-order valence-corrected chi connectivity index (χ3v) is 20.7. The van der Waals surface area contributed by atoms with Crippen LogP contribution in [0.4, 0.5) is 0 Å². The summed E-state index contributed by atoms with van der Waals surface area (Å²) in [6.45, 7) is 60.8. The molecular weight excluding hydrogens is 1760 g/mol. The molecular formula is C104H122Cl2N20O10. The number of aryl methyl sites for hydroxylation is 6. The van der Waals surface area contributed by atoms with Crippen molar-refractivity contribution in [2.45, 2.75) is 251 Å². The second kappa shape index (κ2) is 41.9. The SMILES string of the molecule is CC(C)(C)c1nnc(-c2ccccc2Cl)o1.CC(C)(C)c1nnc(-n2c(=O)[nH]c3ccccc32)o1.Cc1ccc(-c2nnc(C(C)(C)C)o2)cc1.Cc1ccc(-c2nnc(C(C)(C)C)o2)cc1.Cc1ccc(-c2nnc(C(C)(C)C)o2)cc1Cl.Cc1ccc2c(c1)[nH]c(=O)n2-c1nnc(C(C)(C)C)o1.Cc1cccc(-c2nnc(C(C)(C)C)o2)c1.Cc1cccc(-c2nnc(C(C)(C)C)o2)c1. The van der Waals surface area contributed by atoms with Crippen LogP contribution in [0, 0.1) is 41.5 Å². The highest BCUT2D eigenvalue weighted by Gasteiger charge is 2.30. The summed E-state index contributed by atoms with van der Waals surface area (Å²) in [5.41, 5.74) is 13.6. The molecule has 30 nitrogen and oxygen atoms in total. The zero-order valence-electron chi connectivity index (χ0n) is 83.2. The number of hydrogen-bond acceptors (Lipinski definition) is 26. The molecule has 18 rings (SSSR count). The average molecular weight is 1880 g/mol. The molecule has 0 aliphatic rings. The first-order valence-corrected chi connectivity index (χ1v) is 45.2. The molecule has 0 unspecified atom stereocenters. The number of aromatic amines is 2. The van der Waals surface area contributed by atoms with Gasteiger partial charge in [-0.1, -0.05) is 307 Å². The first kappa shape index (κ1) is 103. The number of rotatable bonds is 8. The van der Waals surface area contributed by atoms with Gasteiger partial charge in [0.15, 0.2) is 0 Å². The molecule has 712 valence electrons. The highest BCUT2D eigenvalue weighted by atomic mass is 35.5. The summed E-state index contributed by atoms with van der Waals surface area (Å²) < 4.78 is 47.9. The Balaban J connectivity index is 0.000000149. The number of nitrogens with one attached hydrogen (secondary N) is 2. The number of nitrogens with zero attached hydrogens (tertiary/aromatic N) is 18. The molecule has 0 saturated carbocycles. The number of hydrogen-bond donors (Lipinski definition) is 2. The van der Waals surface area contributed by atoms with Crippen molar-refractivity contribution < 1.29 is 35.3 Å². The van der Waals surface area contributed by atoms with Gasteiger partial charge < -0.3 is 45.3 Å². The van der Waals surface area contributed by atoms with E-state index >= 15 is 0 Å². The summed E-state index contributed by atoms with van der Waals surface area (Å²) in [5.74, 6) is 8.26. The fourth-order valence-corrected chi connectivity index (χ4v) is 12.4. The molecule has 136 heavy (non-hydrogen) atoms. The number of fused-ring (bicyclic) bond motifs is 2. The first-order chi connectivity index (χ1) is 63.5. The van der Waals surface area contributed by atoms with Gasteiger partial charge in [-0.2, -0.15) is 0 Å². The van der Waals surface area contributed by atoms with Gasteiger partial charge in [-0.25, -0.2) is 18.7 Å². The second-order valence-corrected chi connectivity index (χ2v) is 42.1. The predicted molar refractivity (Wildman–Crippen MR) is 530 cm³/mol. The lowest BCUT2D eigenvalue weighted by atomic mass is 9.97. The van der Waals surface area contributed by atoms with Gasteiger partial charge in [-0.3, -0.25) is 0 Å². The van der Waals surface area contributed by atoms with E-state index in [9.17, 15) is 9.59 Å². The zero-order chi connectivity index (χ0) is 99.5. The van der Waals surface area contributed by atoms with E-state index in [2.05, 4.69) is 188 Å². The van der Waals surface area contributed by atoms with E-state index in [4.69, 9.17) is 58.5 Å². The van der Waals surface area contributed by atoms with Gasteiger partial charge in [0.2, 0.25) is 82.5 Å². The number of imidazole rings is 2. The van der Waals surface area contributed by atoms with Crippen molar-refractivity contribution in [1.82, 2.24) is 101 Å². The summed E-state index contributed by atoms with van der Waals surface area (Å²) in [4.78, 5) is 29.6. The van der Waals surface area contributed by atoms with Crippen LogP contribution in [0.1, 0.15) is 247 Å². The molecule has 32 heteroatoms. The Morgan fingerprint density at radius 1 is 0.243 bits per heavy atom. The molecule has 0 atom stereocenters. The molecule has 2 N–H and O–H groups in total. The van der Waals surface area contributed by atoms with Crippen LogP contribution >= 0.6 is 23.2 Å². The van der Waals surface area contributed by atoms with Crippen molar-refractivity contribution in [2.75, 3.05) is 0 Å². The average Bonchev–Trinajstić information content (AvgIpc) is 1.63. The van der Waals surface area contributed by atoms with E-state index < -0.39 is 0 Å². The Hall–Kier alpha value is -14.0. The van der Waals surface area contributed by atoms with E-state index in [1.807, 2.05) is 287 Å². The lowest BCUT2D eigenvalue weighted by Gasteiger charge is -2.11. The van der Waals surface area contributed by atoms with Crippen LogP contribution in [0.2, 0.25) is 10.0 Å². The van der Waals surface area contributed by atoms with Crippen molar-refractivity contribution >= 4 is 45.3 Å². The zero-order valence-corrected chi connectivity index (χ0v) is 84.7. The maximum absolute atomic E-state index is 12.1. The molecule has 10 aromatic heterocycles. The van der Waals surface area contributed by atoms with Gasteiger partial charge in [-0.15, -0.1) is 71.4 Å². The lowest BCUT2D eigenvalue weighted by molar-refractivity contribution is 0.385. The lowest BCUT2D eigenvalue weighted by Crippen LogP contribution is -2.15. The molecule has 0 amide bonds. The summed E-state index contributed by atoms with van der Waals surface area (Å²) in [5, 5.41) is 66.0. The van der Waals surface area contributed by atoms with Crippen LogP contribution in [-0.4, -0.2) is 101 Å². The molecule has 8 aromatic carbocycles. The summed E-state index contributed by atoms with van der Waals surface area (Å²) >= 11 is 12.1. The van der Waals surface area contributed by atoms with Gasteiger partial charge in [0, 0.05) is 76.2 Å². The van der Waals surface area contributed by atoms with E-state index in [-0.39, 0.29) is 66.7 Å². The minimum Gasteiger partial charge on any atom is -0.420 e. The molecule has 0 fully saturated rings. The molecule has 0 aliphatic carbocycles. The van der Waals surface area contributed by atoms with Crippen molar-refractivity contribution in [1.29, 1.82) is 0 Å². The molecule has 18 aromatic rings. The minimum atomic E-state index is -0.287. The monoisotopic (exact) mass is 1880 g/mol. The number of halogens is 2. The number of benzene rings is 8. The van der Waals surface area contributed by atoms with Crippen molar-refractivity contribution in [3.8, 4) is 80.8 Å². The molecule has 0 spiro atoms. The third-order valence-electron chi connectivity index (χ3n) is 20.0. The van der Waals surface area contributed by atoms with Crippen LogP contribution in [0.5, 0.6) is 0 Å².